The Morgan fingerprint density at radius 3 is 2.86 bits per heavy atom. The lowest BCUT2D eigenvalue weighted by Gasteiger charge is -2.07. The maximum Gasteiger partial charge on any atom is 0.231 e. The molecule has 3 heterocycles. The number of phenolic OH excluding ortho intramolecular Hbond substituents is 1. The molecule has 6 heteroatoms. The number of rotatable bonds is 3. The second-order valence-electron chi connectivity index (χ2n) is 6.70. The van der Waals surface area contributed by atoms with Crippen LogP contribution in [0.25, 0.3) is 28.1 Å². The Morgan fingerprint density at radius 2 is 2.07 bits per heavy atom. The highest BCUT2D eigenvalue weighted by atomic mass is 16.5. The molecule has 0 saturated heterocycles. The Kier molecular flexibility index (Phi) is 3.84. The van der Waals surface area contributed by atoms with Gasteiger partial charge in [0.15, 0.2) is 5.76 Å². The Hall–Kier alpha value is -4.06. The highest BCUT2D eigenvalue weighted by Gasteiger charge is 2.28. The first-order valence-electron chi connectivity index (χ1n) is 9.01. The molecule has 29 heavy (non-hydrogen) atoms. The summed E-state index contributed by atoms with van der Waals surface area (Å²) < 4.78 is 11.2. The van der Waals surface area contributed by atoms with Gasteiger partial charge in [0.1, 0.15) is 17.2 Å². The third kappa shape index (κ3) is 2.82. The number of ketones is 1. The fourth-order valence-corrected chi connectivity index (χ4v) is 3.53. The standard InChI is InChI=1S/C23H16N2O4/c1-28-16-9-18(13-3-2-6-24-11-13)22-19(10-16)14(12-25-22)7-21-23(27)17-5-4-15(26)8-20(17)29-21/h2-12,25-26H,1H3/b21-7-. The minimum absolute atomic E-state index is 0.0516. The van der Waals surface area contributed by atoms with Crippen molar-refractivity contribution in [3.05, 3.63) is 77.9 Å². The lowest BCUT2D eigenvalue weighted by molar-refractivity contribution is 0.101. The molecule has 2 aromatic heterocycles. The molecule has 6 nitrogen and oxygen atoms in total. The van der Waals surface area contributed by atoms with E-state index in [1.54, 1.807) is 31.6 Å². The maximum absolute atomic E-state index is 12.7. The van der Waals surface area contributed by atoms with E-state index in [0.29, 0.717) is 17.1 Å². The van der Waals surface area contributed by atoms with Crippen LogP contribution in [-0.4, -0.2) is 28.0 Å². The number of aromatic nitrogens is 2. The molecule has 1 aliphatic rings. The molecule has 0 fully saturated rings. The van der Waals surface area contributed by atoms with Gasteiger partial charge >= 0.3 is 0 Å². The monoisotopic (exact) mass is 384 g/mol. The van der Waals surface area contributed by atoms with Gasteiger partial charge in [0.05, 0.1) is 18.2 Å². The molecule has 0 amide bonds. The van der Waals surface area contributed by atoms with Gasteiger partial charge in [-0.15, -0.1) is 0 Å². The minimum Gasteiger partial charge on any atom is -0.508 e. The van der Waals surface area contributed by atoms with Crippen LogP contribution >= 0.6 is 0 Å². The van der Waals surface area contributed by atoms with E-state index in [-0.39, 0.29) is 17.3 Å². The minimum atomic E-state index is -0.218. The largest absolute Gasteiger partial charge is 0.508 e. The lowest BCUT2D eigenvalue weighted by atomic mass is 10.0. The molecule has 0 radical (unpaired) electrons. The predicted molar refractivity (Wildman–Crippen MR) is 109 cm³/mol. The molecule has 0 atom stereocenters. The van der Waals surface area contributed by atoms with Crippen molar-refractivity contribution < 1.29 is 19.4 Å². The van der Waals surface area contributed by atoms with E-state index in [9.17, 15) is 9.90 Å². The Labute approximate surface area is 166 Å². The summed E-state index contributed by atoms with van der Waals surface area (Å²) in [6.45, 7) is 0. The number of ether oxygens (including phenoxy) is 2. The van der Waals surface area contributed by atoms with Crippen LogP contribution in [0.3, 0.4) is 0 Å². The summed E-state index contributed by atoms with van der Waals surface area (Å²) >= 11 is 0. The van der Waals surface area contributed by atoms with Crippen molar-refractivity contribution >= 4 is 22.8 Å². The van der Waals surface area contributed by atoms with Gasteiger partial charge in [-0.25, -0.2) is 0 Å². The number of hydrogen-bond donors (Lipinski definition) is 2. The first-order valence-corrected chi connectivity index (χ1v) is 9.01. The number of allylic oxidation sites excluding steroid dienone is 1. The number of phenols is 1. The number of hydrogen-bond acceptors (Lipinski definition) is 5. The Balaban J connectivity index is 1.64. The number of nitrogens with zero attached hydrogens (tertiary/aromatic N) is 1. The number of benzene rings is 2. The molecule has 2 aromatic carbocycles. The Bertz CT molecular complexity index is 1290. The molecule has 2 N–H and O–H groups in total. The third-order valence-electron chi connectivity index (χ3n) is 4.94. The Morgan fingerprint density at radius 1 is 1.17 bits per heavy atom. The molecule has 0 aliphatic carbocycles. The first kappa shape index (κ1) is 17.1. The summed E-state index contributed by atoms with van der Waals surface area (Å²) in [4.78, 5) is 20.2. The van der Waals surface area contributed by atoms with E-state index in [4.69, 9.17) is 9.47 Å². The quantitative estimate of drug-likeness (QED) is 0.506. The summed E-state index contributed by atoms with van der Waals surface area (Å²) in [5.41, 5.74) is 4.04. The summed E-state index contributed by atoms with van der Waals surface area (Å²) in [5, 5.41) is 10.5. The fraction of sp³-hybridized carbons (Fsp3) is 0.0435. The SMILES string of the molecule is COc1cc(-c2cccnc2)c2[nH]cc(/C=C3\Oc4cc(O)ccc4C3=O)c2c1. The second-order valence-corrected chi connectivity index (χ2v) is 6.70. The molecular weight excluding hydrogens is 368 g/mol. The molecule has 0 spiro atoms. The van der Waals surface area contributed by atoms with E-state index in [2.05, 4.69) is 9.97 Å². The molecule has 0 unspecified atom stereocenters. The van der Waals surface area contributed by atoms with Crippen molar-refractivity contribution in [2.24, 2.45) is 0 Å². The molecule has 142 valence electrons. The van der Waals surface area contributed by atoms with Crippen LogP contribution in [0, 0.1) is 0 Å². The molecule has 1 aliphatic heterocycles. The van der Waals surface area contributed by atoms with Crippen LogP contribution in [0.4, 0.5) is 0 Å². The number of aromatic amines is 1. The van der Waals surface area contributed by atoms with Gasteiger partial charge < -0.3 is 19.6 Å². The third-order valence-corrected chi connectivity index (χ3v) is 4.94. The van der Waals surface area contributed by atoms with E-state index in [1.165, 1.54) is 12.1 Å². The van der Waals surface area contributed by atoms with Crippen molar-refractivity contribution in [3.8, 4) is 28.4 Å². The summed E-state index contributed by atoms with van der Waals surface area (Å²) in [6, 6.07) is 12.2. The number of aromatic hydroxyl groups is 1. The zero-order chi connectivity index (χ0) is 20.0. The molecule has 4 aromatic rings. The van der Waals surface area contributed by atoms with Crippen molar-refractivity contribution in [1.82, 2.24) is 9.97 Å². The van der Waals surface area contributed by atoms with Crippen LogP contribution in [0.1, 0.15) is 15.9 Å². The van der Waals surface area contributed by atoms with Crippen LogP contribution in [0.2, 0.25) is 0 Å². The summed E-state index contributed by atoms with van der Waals surface area (Å²) in [6.07, 6.45) is 7.04. The number of Topliss-reactive ketones (excluding diaryl/α,β-unsaturated/α-hetero) is 1. The van der Waals surface area contributed by atoms with Crippen molar-refractivity contribution in [2.45, 2.75) is 0 Å². The number of pyridine rings is 1. The summed E-state index contributed by atoms with van der Waals surface area (Å²) in [7, 11) is 1.62. The molecule has 0 bridgehead atoms. The van der Waals surface area contributed by atoms with Gasteiger partial charge in [-0.2, -0.15) is 0 Å². The van der Waals surface area contributed by atoms with Crippen LogP contribution in [-0.2, 0) is 0 Å². The molecule has 5 rings (SSSR count). The smallest absolute Gasteiger partial charge is 0.231 e. The number of carbonyl (C=O) groups excluding carboxylic acids is 1. The summed E-state index contributed by atoms with van der Waals surface area (Å²) in [5.74, 6) is 1.09. The average molecular weight is 384 g/mol. The van der Waals surface area contributed by atoms with Crippen molar-refractivity contribution in [3.63, 3.8) is 0 Å². The van der Waals surface area contributed by atoms with Gasteiger partial charge in [-0.05, 0) is 36.4 Å². The number of fused-ring (bicyclic) bond motifs is 2. The second kappa shape index (κ2) is 6.53. The van der Waals surface area contributed by atoms with E-state index < -0.39 is 0 Å². The molecule has 0 saturated carbocycles. The molecular formula is C23H16N2O4. The number of nitrogens with one attached hydrogen (secondary N) is 1. The maximum atomic E-state index is 12.7. The zero-order valence-corrected chi connectivity index (χ0v) is 15.5. The topological polar surface area (TPSA) is 84.4 Å². The van der Waals surface area contributed by atoms with Crippen molar-refractivity contribution in [1.29, 1.82) is 0 Å². The number of H-pyrrole nitrogens is 1. The number of methoxy groups -OCH3 is 1. The number of carbonyl (C=O) groups is 1. The zero-order valence-electron chi connectivity index (χ0n) is 15.5. The average Bonchev–Trinajstić information content (AvgIpc) is 3.29. The van der Waals surface area contributed by atoms with Crippen molar-refractivity contribution in [2.75, 3.05) is 7.11 Å². The fourth-order valence-electron chi connectivity index (χ4n) is 3.53. The van der Waals surface area contributed by atoms with Gasteiger partial charge in [-0.1, -0.05) is 6.07 Å². The normalized spacial score (nSPS) is 14.2. The first-order chi connectivity index (χ1) is 14.1. The van der Waals surface area contributed by atoms with Crippen LogP contribution in [0.5, 0.6) is 17.2 Å². The van der Waals surface area contributed by atoms with Gasteiger partial charge in [0.2, 0.25) is 5.78 Å². The van der Waals surface area contributed by atoms with Crippen LogP contribution in [0.15, 0.2) is 66.8 Å². The van der Waals surface area contributed by atoms with Gasteiger partial charge in [0, 0.05) is 46.7 Å². The van der Waals surface area contributed by atoms with Gasteiger partial charge in [0.25, 0.3) is 0 Å². The highest BCUT2D eigenvalue weighted by molar-refractivity contribution is 6.15. The van der Waals surface area contributed by atoms with E-state index in [0.717, 1.165) is 27.6 Å². The lowest BCUT2D eigenvalue weighted by Crippen LogP contribution is -1.97. The van der Waals surface area contributed by atoms with E-state index >= 15 is 0 Å². The van der Waals surface area contributed by atoms with E-state index in [1.807, 2.05) is 30.5 Å². The predicted octanol–water partition coefficient (Wildman–Crippen LogP) is 4.56. The van der Waals surface area contributed by atoms with Crippen LogP contribution < -0.4 is 9.47 Å². The van der Waals surface area contributed by atoms with Gasteiger partial charge in [-0.3, -0.25) is 9.78 Å². The highest BCUT2D eigenvalue weighted by Crippen LogP contribution is 2.37.